The van der Waals surface area contributed by atoms with Crippen molar-refractivity contribution in [3.63, 3.8) is 0 Å². The van der Waals surface area contributed by atoms with E-state index >= 15 is 0 Å². The second-order valence-corrected chi connectivity index (χ2v) is 11.7. The van der Waals surface area contributed by atoms with Crippen molar-refractivity contribution in [3.05, 3.63) is 106 Å². The molecule has 0 aliphatic carbocycles. The molecule has 0 saturated heterocycles. The van der Waals surface area contributed by atoms with Gasteiger partial charge in [0.05, 0.1) is 33.8 Å². The van der Waals surface area contributed by atoms with Crippen LogP contribution >= 0.6 is 0 Å². The fourth-order valence-electron chi connectivity index (χ4n) is 5.38. The Morgan fingerprint density at radius 1 is 0.583 bits per heavy atom. The predicted molar refractivity (Wildman–Crippen MR) is 199 cm³/mol. The maximum absolute atomic E-state index is 10.7. The fourth-order valence-corrected chi connectivity index (χ4v) is 5.38. The number of H-pyrrole nitrogens is 4. The number of para-hydroxylation sites is 2. The van der Waals surface area contributed by atoms with Crippen LogP contribution in [0.5, 0.6) is 0 Å². The minimum Gasteiger partial charge on any atom is -0.355 e. The predicted octanol–water partition coefficient (Wildman–Crippen LogP) is 7.11. The number of hydrazine groups is 3. The van der Waals surface area contributed by atoms with Crippen LogP contribution in [0.1, 0.15) is 81.1 Å². The number of aromatic amines is 4. The number of nitrogens with zero attached hydrogens (tertiary/aromatic N) is 2. The van der Waals surface area contributed by atoms with E-state index in [1.807, 2.05) is 72.8 Å². The first kappa shape index (κ1) is 34.3. The van der Waals surface area contributed by atoms with E-state index in [0.29, 0.717) is 0 Å². The molecule has 0 fully saturated rings. The van der Waals surface area contributed by atoms with Gasteiger partial charge >= 0.3 is 5.69 Å². The van der Waals surface area contributed by atoms with Crippen LogP contribution in [0.2, 0.25) is 0 Å². The number of aromatic nitrogens is 6. The summed E-state index contributed by atoms with van der Waals surface area (Å²) in [5.74, 6) is 5.01. The number of nitrogens with two attached hydrogens (primary N) is 1. The van der Waals surface area contributed by atoms with Crippen molar-refractivity contribution in [2.45, 2.75) is 58.3 Å². The van der Waals surface area contributed by atoms with Crippen molar-refractivity contribution in [3.8, 4) is 0 Å². The Kier molecular flexibility index (Phi) is 13.1. The molecule has 9 N–H and O–H groups in total. The first-order valence-corrected chi connectivity index (χ1v) is 16.7. The number of hydrogen-bond donors (Lipinski definition) is 8. The van der Waals surface area contributed by atoms with Gasteiger partial charge in [-0.2, -0.15) is 11.1 Å². The third kappa shape index (κ3) is 11.0. The number of fused-ring (bicyclic) bond motifs is 9. The highest BCUT2D eigenvalue weighted by Gasteiger charge is 2.01. The van der Waals surface area contributed by atoms with E-state index in [9.17, 15) is 4.79 Å². The van der Waals surface area contributed by atoms with Gasteiger partial charge in [0.25, 0.3) is 0 Å². The lowest BCUT2D eigenvalue weighted by Gasteiger charge is -2.04. The summed E-state index contributed by atoms with van der Waals surface area (Å²) in [7, 11) is 0. The number of imidazole rings is 1. The lowest BCUT2D eigenvalue weighted by Crippen LogP contribution is -2.47. The van der Waals surface area contributed by atoms with Crippen LogP contribution in [-0.2, 0) is 0 Å². The van der Waals surface area contributed by atoms with Gasteiger partial charge in [-0.05, 0) is 91.4 Å². The van der Waals surface area contributed by atoms with Crippen LogP contribution in [0.25, 0.3) is 57.4 Å². The van der Waals surface area contributed by atoms with Crippen molar-refractivity contribution < 1.29 is 0 Å². The molecule has 0 atom stereocenters. The van der Waals surface area contributed by atoms with Crippen LogP contribution in [0, 0.1) is 0 Å². The molecule has 11 nitrogen and oxygen atoms in total. The van der Waals surface area contributed by atoms with Crippen LogP contribution in [-0.4, -0.2) is 36.4 Å². The third-order valence-corrected chi connectivity index (χ3v) is 7.78. The summed E-state index contributed by atoms with van der Waals surface area (Å²) >= 11 is 0. The molecular formula is C37H46N10O. The standard InChI is InChI=1S/C20H14N4.C10H26N4.C7H6N2O/c1-2-14-10-16-5-6-18(23-16)12-20-8-7-19(24-20)11-17-4-3-15(22-17)9-13(1)21-14;1-2-3-4-5-6-7-8-9-10-12-14-13-11;10-7-8-5-3-1-2-4-6(5)9-7/h1-12,21,24H;12-14H,2-11H2,1H3;1-4H,(H2,8,9,10). The molecular weight excluding hydrogens is 600 g/mol. The summed E-state index contributed by atoms with van der Waals surface area (Å²) in [6, 6.07) is 23.8. The summed E-state index contributed by atoms with van der Waals surface area (Å²) < 4.78 is 0. The van der Waals surface area contributed by atoms with Crippen molar-refractivity contribution in [2.75, 3.05) is 6.54 Å². The van der Waals surface area contributed by atoms with Crippen LogP contribution < -0.4 is 28.0 Å². The number of unbranched alkanes of at least 4 members (excludes halogenated alkanes) is 7. The van der Waals surface area contributed by atoms with Gasteiger partial charge in [-0.3, -0.25) is 5.84 Å². The minimum atomic E-state index is -0.152. The van der Waals surface area contributed by atoms with Crippen LogP contribution in [0.4, 0.5) is 0 Å². The number of nitrogens with one attached hydrogen (secondary N) is 7. The first-order chi connectivity index (χ1) is 23.6. The van der Waals surface area contributed by atoms with Crippen LogP contribution in [0.15, 0.2) is 77.6 Å². The Labute approximate surface area is 280 Å². The molecule has 5 aromatic rings. The van der Waals surface area contributed by atoms with E-state index in [1.165, 1.54) is 51.4 Å². The van der Waals surface area contributed by atoms with E-state index in [0.717, 1.165) is 62.4 Å². The average molecular weight is 647 g/mol. The molecule has 11 heteroatoms. The molecule has 4 aromatic heterocycles. The quantitative estimate of drug-likeness (QED) is 0.0421. The summed E-state index contributed by atoms with van der Waals surface area (Å²) in [4.78, 5) is 32.0. The van der Waals surface area contributed by atoms with Gasteiger partial charge in [0.15, 0.2) is 0 Å². The molecule has 2 aliphatic rings. The Morgan fingerprint density at radius 3 is 1.42 bits per heavy atom. The van der Waals surface area contributed by atoms with Gasteiger partial charge in [-0.1, -0.05) is 64.0 Å². The molecule has 6 heterocycles. The van der Waals surface area contributed by atoms with E-state index in [1.54, 1.807) is 0 Å². The smallest absolute Gasteiger partial charge is 0.323 e. The highest BCUT2D eigenvalue weighted by molar-refractivity contribution is 5.77. The summed E-state index contributed by atoms with van der Waals surface area (Å²) in [6.07, 6.45) is 18.9. The van der Waals surface area contributed by atoms with Gasteiger partial charge in [0.1, 0.15) is 0 Å². The summed E-state index contributed by atoms with van der Waals surface area (Å²) in [5.41, 5.74) is 17.4. The minimum absolute atomic E-state index is 0.152. The largest absolute Gasteiger partial charge is 0.355 e. The van der Waals surface area contributed by atoms with Crippen molar-refractivity contribution in [1.82, 2.24) is 46.4 Å². The Morgan fingerprint density at radius 2 is 1.00 bits per heavy atom. The molecule has 48 heavy (non-hydrogen) atoms. The SMILES string of the molecule is C1=Cc2cc3ccc(cc4nc(cc5ccc(cc1n2)[nH]5)C=C4)[nH]3.CCCCCCCCCCNNNN.O=c1[nH]c2ccccc2[nH]1. The third-order valence-electron chi connectivity index (χ3n) is 7.78. The Hall–Kier alpha value is -5.07. The topological polar surface area (TPSA) is 168 Å². The highest BCUT2D eigenvalue weighted by Crippen LogP contribution is 2.17. The van der Waals surface area contributed by atoms with Crippen molar-refractivity contribution in [1.29, 1.82) is 0 Å². The van der Waals surface area contributed by atoms with Gasteiger partial charge < -0.3 is 19.9 Å². The molecule has 0 spiro atoms. The average Bonchev–Trinajstić information content (AvgIpc) is 3.93. The maximum Gasteiger partial charge on any atom is 0.323 e. The van der Waals surface area contributed by atoms with E-state index in [2.05, 4.69) is 77.6 Å². The molecule has 8 bridgehead atoms. The monoisotopic (exact) mass is 646 g/mol. The molecule has 250 valence electrons. The molecule has 0 unspecified atom stereocenters. The second kappa shape index (κ2) is 18.3. The number of hydrogen-bond acceptors (Lipinski definition) is 7. The first-order valence-electron chi connectivity index (χ1n) is 16.7. The van der Waals surface area contributed by atoms with Gasteiger partial charge in [0, 0.05) is 28.6 Å². The molecule has 2 aliphatic heterocycles. The van der Waals surface area contributed by atoms with E-state index < -0.39 is 0 Å². The second-order valence-electron chi connectivity index (χ2n) is 11.7. The lowest BCUT2D eigenvalue weighted by molar-refractivity contribution is 0.431. The van der Waals surface area contributed by atoms with Gasteiger partial charge in [-0.25, -0.2) is 20.2 Å². The summed E-state index contributed by atoms with van der Waals surface area (Å²) in [5, 5.41) is 0. The normalized spacial score (nSPS) is 11.6. The maximum atomic E-state index is 10.7. The van der Waals surface area contributed by atoms with Crippen LogP contribution in [0.3, 0.4) is 0 Å². The Bertz CT molecular complexity index is 1790. The molecule has 0 radical (unpaired) electrons. The Balaban J connectivity index is 0.000000159. The zero-order valence-electron chi connectivity index (χ0n) is 27.5. The van der Waals surface area contributed by atoms with E-state index in [4.69, 9.17) is 5.84 Å². The van der Waals surface area contributed by atoms with Crippen molar-refractivity contribution in [2.24, 2.45) is 5.84 Å². The van der Waals surface area contributed by atoms with Gasteiger partial charge in [-0.15, -0.1) is 0 Å². The lowest BCUT2D eigenvalue weighted by atomic mass is 10.1. The fraction of sp³-hybridized carbons (Fsp3) is 0.270. The van der Waals surface area contributed by atoms with Crippen molar-refractivity contribution >= 4 is 57.4 Å². The molecule has 0 amide bonds. The zero-order chi connectivity index (χ0) is 33.4. The summed E-state index contributed by atoms with van der Waals surface area (Å²) in [6.45, 7) is 3.23. The molecule has 1 aromatic carbocycles. The molecule has 0 saturated carbocycles. The molecule has 7 rings (SSSR count). The van der Waals surface area contributed by atoms with E-state index in [-0.39, 0.29) is 5.69 Å². The highest BCUT2D eigenvalue weighted by atomic mass is 16.1. The number of benzene rings is 1. The van der Waals surface area contributed by atoms with Gasteiger partial charge in [0.2, 0.25) is 0 Å². The number of rotatable bonds is 11. The zero-order valence-corrected chi connectivity index (χ0v) is 27.5.